The van der Waals surface area contributed by atoms with Gasteiger partial charge in [0.05, 0.1) is 17.9 Å². The zero-order valence-corrected chi connectivity index (χ0v) is 18.4. The van der Waals surface area contributed by atoms with Gasteiger partial charge < -0.3 is 25.2 Å². The van der Waals surface area contributed by atoms with Crippen molar-refractivity contribution in [2.24, 2.45) is 5.92 Å². The lowest BCUT2D eigenvalue weighted by Gasteiger charge is -2.16. The summed E-state index contributed by atoms with van der Waals surface area (Å²) in [4.78, 5) is 41.9. The summed E-state index contributed by atoms with van der Waals surface area (Å²) in [5.41, 5.74) is 1.51. The molecule has 2 aromatic carbocycles. The maximum atomic E-state index is 12.9. The van der Waals surface area contributed by atoms with Crippen LogP contribution in [0.1, 0.15) is 31.1 Å². The number of hydrogen-bond acceptors (Lipinski definition) is 7. The van der Waals surface area contributed by atoms with Gasteiger partial charge in [0.15, 0.2) is 5.92 Å². The van der Waals surface area contributed by atoms with Crippen molar-refractivity contribution >= 4 is 34.9 Å². The lowest BCUT2D eigenvalue weighted by Crippen LogP contribution is -2.38. The van der Waals surface area contributed by atoms with E-state index in [9.17, 15) is 14.4 Å². The Morgan fingerprint density at radius 2 is 1.64 bits per heavy atom. The Bertz CT molecular complexity index is 1170. The van der Waals surface area contributed by atoms with Crippen LogP contribution in [0.5, 0.6) is 0 Å². The first-order valence-corrected chi connectivity index (χ1v) is 10.2. The van der Waals surface area contributed by atoms with Gasteiger partial charge in [-0.3, -0.25) is 9.59 Å². The van der Waals surface area contributed by atoms with E-state index in [1.807, 2.05) is 0 Å². The fourth-order valence-electron chi connectivity index (χ4n) is 3.04. The van der Waals surface area contributed by atoms with E-state index in [0.29, 0.717) is 22.8 Å². The van der Waals surface area contributed by atoms with Crippen molar-refractivity contribution in [1.29, 1.82) is 5.41 Å². The number of hydrogen-bond donors (Lipinski definition) is 3. The van der Waals surface area contributed by atoms with Crippen LogP contribution in [0.3, 0.4) is 0 Å². The van der Waals surface area contributed by atoms with Crippen LogP contribution in [0, 0.1) is 11.3 Å². The summed E-state index contributed by atoms with van der Waals surface area (Å²) in [5, 5.41) is 13.2. The first-order chi connectivity index (χ1) is 15.7. The standard InChI is InChI=1S/C24H24N4O5/c1-14(2)33-24(31)17-7-5-9-19(13-17)28-22(30)20(15(3)25)21(29)27-18-8-4-6-16(12-18)23-26-10-11-32-23/h4-14,20,25H,1-3H3,(H,27,29)(H,28,30). The molecule has 9 heteroatoms. The van der Waals surface area contributed by atoms with E-state index in [-0.39, 0.29) is 17.4 Å². The van der Waals surface area contributed by atoms with E-state index in [1.165, 1.54) is 25.5 Å². The highest BCUT2D eigenvalue weighted by atomic mass is 16.5. The molecular formula is C24H24N4O5. The van der Waals surface area contributed by atoms with Gasteiger partial charge in [-0.2, -0.15) is 0 Å². The molecule has 0 aliphatic rings. The van der Waals surface area contributed by atoms with Crippen molar-refractivity contribution in [3.63, 3.8) is 0 Å². The summed E-state index contributed by atoms with van der Waals surface area (Å²) in [6.07, 6.45) is 2.67. The molecular weight excluding hydrogens is 424 g/mol. The number of esters is 1. The summed E-state index contributed by atoms with van der Waals surface area (Å²) in [6, 6.07) is 13.0. The van der Waals surface area contributed by atoms with Gasteiger partial charge in [-0.25, -0.2) is 9.78 Å². The molecule has 9 nitrogen and oxygen atoms in total. The van der Waals surface area contributed by atoms with Crippen LogP contribution in [-0.2, 0) is 14.3 Å². The average Bonchev–Trinajstić information content (AvgIpc) is 3.28. The molecule has 3 N–H and O–H groups in total. The highest BCUT2D eigenvalue weighted by Gasteiger charge is 2.29. The predicted octanol–water partition coefficient (Wildman–Crippen LogP) is 4.14. The predicted molar refractivity (Wildman–Crippen MR) is 123 cm³/mol. The first kappa shape index (κ1) is 23.4. The summed E-state index contributed by atoms with van der Waals surface area (Å²) < 4.78 is 10.4. The molecule has 1 unspecified atom stereocenters. The highest BCUT2D eigenvalue weighted by molar-refractivity contribution is 6.24. The minimum absolute atomic E-state index is 0.135. The first-order valence-electron chi connectivity index (χ1n) is 10.2. The third kappa shape index (κ3) is 6.13. The third-order valence-electron chi connectivity index (χ3n) is 4.48. The number of aromatic nitrogens is 1. The van der Waals surface area contributed by atoms with Crippen LogP contribution >= 0.6 is 0 Å². The highest BCUT2D eigenvalue weighted by Crippen LogP contribution is 2.22. The molecule has 2 amide bonds. The Labute approximate surface area is 190 Å². The Morgan fingerprint density at radius 1 is 1.00 bits per heavy atom. The number of oxazole rings is 1. The fraction of sp³-hybridized carbons (Fsp3) is 0.208. The van der Waals surface area contributed by atoms with Gasteiger partial charge in [0.25, 0.3) is 0 Å². The zero-order valence-electron chi connectivity index (χ0n) is 18.4. The molecule has 33 heavy (non-hydrogen) atoms. The Hall–Kier alpha value is -4.27. The minimum Gasteiger partial charge on any atom is -0.459 e. The molecule has 0 spiro atoms. The number of amides is 2. The van der Waals surface area contributed by atoms with Gasteiger partial charge >= 0.3 is 5.97 Å². The lowest BCUT2D eigenvalue weighted by molar-refractivity contribution is -0.126. The molecule has 0 aliphatic carbocycles. The number of carbonyl (C=O) groups excluding carboxylic acids is 3. The van der Waals surface area contributed by atoms with E-state index < -0.39 is 23.7 Å². The molecule has 1 aromatic heterocycles. The molecule has 3 rings (SSSR count). The van der Waals surface area contributed by atoms with Crippen molar-refractivity contribution in [1.82, 2.24) is 4.98 Å². The van der Waals surface area contributed by atoms with Crippen LogP contribution in [0.2, 0.25) is 0 Å². The maximum absolute atomic E-state index is 12.9. The van der Waals surface area contributed by atoms with Gasteiger partial charge in [0, 0.05) is 22.6 Å². The van der Waals surface area contributed by atoms with E-state index in [2.05, 4.69) is 15.6 Å². The van der Waals surface area contributed by atoms with E-state index in [1.54, 1.807) is 56.3 Å². The normalized spacial score (nSPS) is 11.5. The zero-order chi connectivity index (χ0) is 24.0. The number of ether oxygens (including phenoxy) is 1. The largest absolute Gasteiger partial charge is 0.459 e. The number of benzene rings is 2. The second-order valence-electron chi connectivity index (χ2n) is 7.55. The van der Waals surface area contributed by atoms with E-state index in [4.69, 9.17) is 14.6 Å². The SMILES string of the molecule is CC(=N)C(C(=O)Nc1cccc(C(=O)OC(C)C)c1)C(=O)Nc1cccc(-c2ncco2)c1. The Kier molecular flexibility index (Phi) is 7.34. The van der Waals surface area contributed by atoms with Gasteiger partial charge in [-0.15, -0.1) is 0 Å². The Balaban J connectivity index is 1.73. The molecule has 0 radical (unpaired) electrons. The van der Waals surface area contributed by atoms with Crippen molar-refractivity contribution in [3.05, 3.63) is 66.6 Å². The summed E-state index contributed by atoms with van der Waals surface area (Å²) in [7, 11) is 0. The fourth-order valence-corrected chi connectivity index (χ4v) is 3.04. The number of carbonyl (C=O) groups is 3. The molecule has 170 valence electrons. The van der Waals surface area contributed by atoms with Gasteiger partial charge in [0.2, 0.25) is 17.7 Å². The number of nitrogens with zero attached hydrogens (tertiary/aromatic N) is 1. The average molecular weight is 448 g/mol. The summed E-state index contributed by atoms with van der Waals surface area (Å²) in [5.74, 6) is -2.87. The van der Waals surface area contributed by atoms with E-state index >= 15 is 0 Å². The molecule has 0 fully saturated rings. The van der Waals surface area contributed by atoms with Crippen molar-refractivity contribution < 1.29 is 23.5 Å². The monoisotopic (exact) mass is 448 g/mol. The van der Waals surface area contributed by atoms with Crippen LogP contribution in [0.25, 0.3) is 11.5 Å². The molecule has 0 saturated heterocycles. The van der Waals surface area contributed by atoms with Crippen LogP contribution in [0.15, 0.2) is 65.4 Å². The second kappa shape index (κ2) is 10.4. The third-order valence-corrected chi connectivity index (χ3v) is 4.48. The van der Waals surface area contributed by atoms with Crippen molar-refractivity contribution in [3.8, 4) is 11.5 Å². The smallest absolute Gasteiger partial charge is 0.338 e. The minimum atomic E-state index is -1.37. The Morgan fingerprint density at radius 3 is 2.21 bits per heavy atom. The number of anilines is 2. The van der Waals surface area contributed by atoms with Crippen LogP contribution in [-0.4, -0.2) is 34.6 Å². The summed E-state index contributed by atoms with van der Waals surface area (Å²) in [6.45, 7) is 4.85. The molecule has 1 atom stereocenters. The van der Waals surface area contributed by atoms with Gasteiger partial charge in [0.1, 0.15) is 6.26 Å². The molecule has 0 saturated carbocycles. The molecule has 0 aliphatic heterocycles. The maximum Gasteiger partial charge on any atom is 0.338 e. The number of rotatable bonds is 8. The van der Waals surface area contributed by atoms with Crippen molar-refractivity contribution in [2.45, 2.75) is 26.9 Å². The topological polar surface area (TPSA) is 134 Å². The van der Waals surface area contributed by atoms with Crippen molar-refractivity contribution in [2.75, 3.05) is 10.6 Å². The summed E-state index contributed by atoms with van der Waals surface area (Å²) >= 11 is 0. The molecule has 1 heterocycles. The number of nitrogens with one attached hydrogen (secondary N) is 3. The molecule has 3 aromatic rings. The second-order valence-corrected chi connectivity index (χ2v) is 7.55. The van der Waals surface area contributed by atoms with Crippen LogP contribution in [0.4, 0.5) is 11.4 Å². The van der Waals surface area contributed by atoms with E-state index in [0.717, 1.165) is 0 Å². The van der Waals surface area contributed by atoms with Gasteiger partial charge in [-0.05, 0) is 57.2 Å². The van der Waals surface area contributed by atoms with Crippen LogP contribution < -0.4 is 10.6 Å². The molecule has 0 bridgehead atoms. The van der Waals surface area contributed by atoms with Gasteiger partial charge in [-0.1, -0.05) is 12.1 Å². The lowest BCUT2D eigenvalue weighted by atomic mass is 10.0. The quantitative estimate of drug-likeness (QED) is 0.269.